The zero-order valence-corrected chi connectivity index (χ0v) is 19.4. The summed E-state index contributed by atoms with van der Waals surface area (Å²) in [7, 11) is 0. The van der Waals surface area contributed by atoms with Gasteiger partial charge in [-0.1, -0.05) is 0 Å². The van der Waals surface area contributed by atoms with Crippen LogP contribution in [0.4, 0.5) is 5.82 Å². The van der Waals surface area contributed by atoms with Crippen molar-refractivity contribution in [2.75, 3.05) is 31.6 Å². The first-order chi connectivity index (χ1) is 16.7. The van der Waals surface area contributed by atoms with Crippen LogP contribution in [-0.2, 0) is 11.3 Å². The lowest BCUT2D eigenvalue weighted by atomic mass is 9.90. The molecule has 0 atom stereocenters. The average molecular weight is 463 g/mol. The highest BCUT2D eigenvalue weighted by Gasteiger charge is 2.27. The minimum absolute atomic E-state index is 0.199. The number of anilines is 1. The standard InChI is InChI=1S/C24H30N8O2/c1-2-32-23(29-30-24(32)33)15-3-8-19-18(13-15)20-21(25-14-26-22(20)28-19)27-16-4-6-17(7-5-16)31-9-11-34-12-10-31/h3,8,13-14,16-17H,2,4-7,9-12H2,1H3,(H,30,33)(H2,25,26,27,28). The molecule has 2 aliphatic rings. The summed E-state index contributed by atoms with van der Waals surface area (Å²) in [6.45, 7) is 6.30. The monoisotopic (exact) mass is 462 g/mol. The number of aromatic nitrogens is 6. The molecule has 0 unspecified atom stereocenters. The Hall–Kier alpha value is -3.24. The van der Waals surface area contributed by atoms with Crippen molar-refractivity contribution in [1.82, 2.24) is 34.6 Å². The Morgan fingerprint density at radius 3 is 2.76 bits per heavy atom. The first kappa shape index (κ1) is 21.3. The van der Waals surface area contributed by atoms with Crippen molar-refractivity contribution in [1.29, 1.82) is 0 Å². The van der Waals surface area contributed by atoms with Crippen molar-refractivity contribution in [3.8, 4) is 11.4 Å². The van der Waals surface area contributed by atoms with Gasteiger partial charge in [0, 0.05) is 48.2 Å². The van der Waals surface area contributed by atoms with Gasteiger partial charge in [-0.2, -0.15) is 5.10 Å². The molecule has 178 valence electrons. The lowest BCUT2D eigenvalue weighted by Gasteiger charge is -2.39. The van der Waals surface area contributed by atoms with E-state index in [0.29, 0.717) is 24.5 Å². The molecule has 1 saturated carbocycles. The molecule has 3 N–H and O–H groups in total. The zero-order valence-electron chi connectivity index (χ0n) is 19.4. The van der Waals surface area contributed by atoms with E-state index in [9.17, 15) is 4.79 Å². The maximum atomic E-state index is 12.1. The number of hydrogen-bond donors (Lipinski definition) is 3. The highest BCUT2D eigenvalue weighted by Crippen LogP contribution is 2.33. The van der Waals surface area contributed by atoms with Crippen LogP contribution in [0, 0.1) is 0 Å². The molecule has 10 nitrogen and oxygen atoms in total. The molecule has 3 aromatic heterocycles. The van der Waals surface area contributed by atoms with E-state index in [2.05, 4.69) is 41.4 Å². The van der Waals surface area contributed by atoms with Crippen LogP contribution in [0.15, 0.2) is 29.3 Å². The van der Waals surface area contributed by atoms with Crippen molar-refractivity contribution < 1.29 is 4.74 Å². The van der Waals surface area contributed by atoms with E-state index in [1.54, 1.807) is 10.9 Å². The second-order valence-electron chi connectivity index (χ2n) is 9.23. The molecule has 1 aliphatic heterocycles. The van der Waals surface area contributed by atoms with Crippen molar-refractivity contribution in [2.24, 2.45) is 0 Å². The van der Waals surface area contributed by atoms with Gasteiger partial charge < -0.3 is 15.0 Å². The number of morpholine rings is 1. The number of nitrogens with one attached hydrogen (secondary N) is 3. The molecule has 10 heteroatoms. The molecule has 0 amide bonds. The number of H-pyrrole nitrogens is 2. The van der Waals surface area contributed by atoms with Crippen LogP contribution in [0.1, 0.15) is 32.6 Å². The number of nitrogens with zero attached hydrogens (tertiary/aromatic N) is 5. The summed E-state index contributed by atoms with van der Waals surface area (Å²) in [5.74, 6) is 1.50. The van der Waals surface area contributed by atoms with E-state index in [4.69, 9.17) is 4.74 Å². The molecule has 1 aliphatic carbocycles. The van der Waals surface area contributed by atoms with E-state index in [-0.39, 0.29) is 5.69 Å². The van der Waals surface area contributed by atoms with Gasteiger partial charge in [-0.3, -0.25) is 9.47 Å². The number of benzene rings is 1. The van der Waals surface area contributed by atoms with Gasteiger partial charge >= 0.3 is 5.69 Å². The van der Waals surface area contributed by atoms with Gasteiger partial charge in [-0.05, 0) is 50.8 Å². The third kappa shape index (κ3) is 3.76. The lowest BCUT2D eigenvalue weighted by molar-refractivity contribution is 0.00791. The quantitative estimate of drug-likeness (QED) is 0.417. The van der Waals surface area contributed by atoms with Crippen molar-refractivity contribution in [3.05, 3.63) is 35.0 Å². The Morgan fingerprint density at radius 1 is 1.15 bits per heavy atom. The van der Waals surface area contributed by atoms with Gasteiger partial charge in [0.1, 0.15) is 17.8 Å². The average Bonchev–Trinajstić information content (AvgIpc) is 3.45. The fourth-order valence-electron chi connectivity index (χ4n) is 5.52. The Balaban J connectivity index is 1.28. The molecular formula is C24H30N8O2. The highest BCUT2D eigenvalue weighted by atomic mass is 16.5. The van der Waals surface area contributed by atoms with Crippen LogP contribution in [0.25, 0.3) is 33.3 Å². The molecular weight excluding hydrogens is 432 g/mol. The maximum Gasteiger partial charge on any atom is 0.343 e. The Kier molecular flexibility index (Phi) is 5.54. The molecule has 6 rings (SSSR count). The molecule has 4 aromatic rings. The van der Waals surface area contributed by atoms with E-state index in [1.807, 2.05) is 19.1 Å². The maximum absolute atomic E-state index is 12.1. The van der Waals surface area contributed by atoms with Crippen LogP contribution in [0.2, 0.25) is 0 Å². The summed E-state index contributed by atoms with van der Waals surface area (Å²) in [6, 6.07) is 7.11. The van der Waals surface area contributed by atoms with Crippen molar-refractivity contribution in [2.45, 2.75) is 51.2 Å². The molecule has 1 saturated heterocycles. The van der Waals surface area contributed by atoms with E-state index < -0.39 is 0 Å². The van der Waals surface area contributed by atoms with Gasteiger partial charge in [0.2, 0.25) is 0 Å². The topological polar surface area (TPSA) is 117 Å². The smallest absolute Gasteiger partial charge is 0.343 e. The van der Waals surface area contributed by atoms with Gasteiger partial charge in [0.25, 0.3) is 0 Å². The zero-order chi connectivity index (χ0) is 23.1. The third-order valence-electron chi connectivity index (χ3n) is 7.32. The summed E-state index contributed by atoms with van der Waals surface area (Å²) in [6.07, 6.45) is 6.24. The summed E-state index contributed by atoms with van der Waals surface area (Å²) in [4.78, 5) is 27.2. The molecule has 34 heavy (non-hydrogen) atoms. The molecule has 0 spiro atoms. The first-order valence-corrected chi connectivity index (χ1v) is 12.2. The second-order valence-corrected chi connectivity index (χ2v) is 9.23. The number of hydrogen-bond acceptors (Lipinski definition) is 7. The largest absolute Gasteiger partial charge is 0.379 e. The van der Waals surface area contributed by atoms with Crippen LogP contribution in [-0.4, -0.2) is 73.0 Å². The predicted octanol–water partition coefficient (Wildman–Crippen LogP) is 2.74. The highest BCUT2D eigenvalue weighted by molar-refractivity contribution is 6.12. The summed E-state index contributed by atoms with van der Waals surface area (Å²) >= 11 is 0. The molecule has 0 bridgehead atoms. The molecule has 1 aromatic carbocycles. The van der Waals surface area contributed by atoms with Crippen LogP contribution in [0.3, 0.4) is 0 Å². The number of fused-ring (bicyclic) bond motifs is 3. The third-order valence-corrected chi connectivity index (χ3v) is 7.32. The minimum Gasteiger partial charge on any atom is -0.379 e. The Morgan fingerprint density at radius 2 is 1.97 bits per heavy atom. The predicted molar refractivity (Wildman–Crippen MR) is 131 cm³/mol. The van der Waals surface area contributed by atoms with E-state index >= 15 is 0 Å². The second kappa shape index (κ2) is 8.84. The molecule has 4 heterocycles. The van der Waals surface area contributed by atoms with Crippen molar-refractivity contribution >= 4 is 27.8 Å². The van der Waals surface area contributed by atoms with Crippen LogP contribution in [0.5, 0.6) is 0 Å². The first-order valence-electron chi connectivity index (χ1n) is 12.2. The molecule has 2 fully saturated rings. The van der Waals surface area contributed by atoms with Gasteiger partial charge in [0.05, 0.1) is 18.6 Å². The minimum atomic E-state index is -0.199. The fourth-order valence-corrected chi connectivity index (χ4v) is 5.52. The van der Waals surface area contributed by atoms with Crippen LogP contribution < -0.4 is 11.0 Å². The Bertz CT molecular complexity index is 1360. The number of aromatic amines is 2. The van der Waals surface area contributed by atoms with E-state index in [0.717, 1.165) is 72.5 Å². The van der Waals surface area contributed by atoms with Gasteiger partial charge in [-0.15, -0.1) is 0 Å². The number of ether oxygens (including phenoxy) is 1. The number of rotatable bonds is 5. The molecule has 0 radical (unpaired) electrons. The normalized spacial score (nSPS) is 21.9. The van der Waals surface area contributed by atoms with Crippen molar-refractivity contribution in [3.63, 3.8) is 0 Å². The Labute approximate surface area is 196 Å². The van der Waals surface area contributed by atoms with Gasteiger partial charge in [-0.25, -0.2) is 19.9 Å². The van der Waals surface area contributed by atoms with Crippen LogP contribution >= 0.6 is 0 Å². The SMILES string of the molecule is CCn1c(-c2ccc3[nH]c4ncnc(NC5CCC(N6CCOCC6)CC5)c4c3c2)n[nH]c1=O. The van der Waals surface area contributed by atoms with E-state index in [1.165, 1.54) is 12.8 Å². The lowest BCUT2D eigenvalue weighted by Crippen LogP contribution is -2.46. The fraction of sp³-hybridized carbons (Fsp3) is 0.500. The van der Waals surface area contributed by atoms with Gasteiger partial charge in [0.15, 0.2) is 5.82 Å². The summed E-state index contributed by atoms with van der Waals surface area (Å²) < 4.78 is 7.15. The summed E-state index contributed by atoms with van der Waals surface area (Å²) in [5, 5.41) is 12.5. The summed E-state index contributed by atoms with van der Waals surface area (Å²) in [5.41, 5.74) is 2.48.